The minimum atomic E-state index is -0.722. The summed E-state index contributed by atoms with van der Waals surface area (Å²) in [6.07, 6.45) is 5.24. The Morgan fingerprint density at radius 2 is 1.94 bits per heavy atom. The molecule has 3 heterocycles. The number of unbranched alkanes of at least 4 members (excludes halogenated alkanes) is 1. The highest BCUT2D eigenvalue weighted by Gasteiger charge is 2.52. The SMILES string of the molecule is CCCCNC(=O)N1CC[C@H](NCc2ccccc2)[C@]2(CC(C(=O)N3CCCC3)=NO2)C1. The van der Waals surface area contributed by atoms with E-state index in [1.54, 1.807) is 0 Å². The van der Waals surface area contributed by atoms with E-state index >= 15 is 0 Å². The number of carbonyl (C=O) groups is 2. The van der Waals surface area contributed by atoms with Gasteiger partial charge in [-0.2, -0.15) is 0 Å². The minimum absolute atomic E-state index is 0.00461. The molecule has 2 saturated heterocycles. The zero-order chi connectivity index (χ0) is 22.4. The molecule has 0 aromatic heterocycles. The third-order valence-electron chi connectivity index (χ3n) is 6.71. The molecule has 2 fully saturated rings. The maximum Gasteiger partial charge on any atom is 0.317 e. The number of nitrogens with one attached hydrogen (secondary N) is 2. The number of rotatable bonds is 7. The van der Waals surface area contributed by atoms with E-state index in [1.807, 2.05) is 28.0 Å². The van der Waals surface area contributed by atoms with Crippen LogP contribution in [0.1, 0.15) is 51.0 Å². The summed E-state index contributed by atoms with van der Waals surface area (Å²) < 4.78 is 0. The van der Waals surface area contributed by atoms with E-state index in [0.29, 0.717) is 38.3 Å². The van der Waals surface area contributed by atoms with Gasteiger partial charge in [-0.3, -0.25) is 4.79 Å². The fourth-order valence-corrected chi connectivity index (χ4v) is 4.83. The number of oxime groups is 1. The van der Waals surface area contributed by atoms with Gasteiger partial charge in [0.1, 0.15) is 5.71 Å². The Hall–Kier alpha value is -2.61. The van der Waals surface area contributed by atoms with Crippen molar-refractivity contribution in [3.8, 4) is 0 Å². The van der Waals surface area contributed by atoms with E-state index in [1.165, 1.54) is 5.56 Å². The average molecular weight is 442 g/mol. The topological polar surface area (TPSA) is 86.3 Å². The molecule has 0 bridgehead atoms. The Morgan fingerprint density at radius 3 is 2.69 bits per heavy atom. The van der Waals surface area contributed by atoms with Gasteiger partial charge in [-0.15, -0.1) is 0 Å². The molecule has 3 amide bonds. The van der Waals surface area contributed by atoms with Crippen LogP contribution >= 0.6 is 0 Å². The molecule has 4 rings (SSSR count). The van der Waals surface area contributed by atoms with Crippen LogP contribution < -0.4 is 10.6 Å². The second-order valence-corrected chi connectivity index (χ2v) is 9.08. The highest BCUT2D eigenvalue weighted by molar-refractivity contribution is 6.39. The van der Waals surface area contributed by atoms with Crippen LogP contribution in [0.25, 0.3) is 0 Å². The molecule has 0 radical (unpaired) electrons. The van der Waals surface area contributed by atoms with Crippen molar-refractivity contribution in [2.24, 2.45) is 5.16 Å². The zero-order valence-corrected chi connectivity index (χ0v) is 19.0. The van der Waals surface area contributed by atoms with Gasteiger partial charge in [0.25, 0.3) is 5.91 Å². The van der Waals surface area contributed by atoms with Crippen molar-refractivity contribution in [3.05, 3.63) is 35.9 Å². The standard InChI is InChI=1S/C24H35N5O3/c1-2-3-12-25-23(31)29-15-11-21(26-17-19-9-5-4-6-10-19)24(18-29)16-20(27-32-24)22(30)28-13-7-8-14-28/h4-6,9-10,21,26H,2-3,7-8,11-18H2,1H3,(H,25,31)/t21-,24-/m0/s1. The molecular formula is C24H35N5O3. The second kappa shape index (κ2) is 10.3. The first-order chi connectivity index (χ1) is 15.6. The fraction of sp³-hybridized carbons (Fsp3) is 0.625. The number of nitrogens with zero attached hydrogens (tertiary/aromatic N) is 3. The number of hydrogen-bond donors (Lipinski definition) is 2. The Labute approximate surface area is 190 Å². The first kappa shape index (κ1) is 22.6. The maximum absolute atomic E-state index is 13.0. The zero-order valence-electron chi connectivity index (χ0n) is 19.0. The van der Waals surface area contributed by atoms with Crippen molar-refractivity contribution in [2.45, 2.75) is 63.6 Å². The molecule has 32 heavy (non-hydrogen) atoms. The van der Waals surface area contributed by atoms with Crippen LogP contribution in [0.2, 0.25) is 0 Å². The normalized spacial score (nSPS) is 25.0. The van der Waals surface area contributed by atoms with Crippen LogP contribution in [0.4, 0.5) is 4.79 Å². The predicted octanol–water partition coefficient (Wildman–Crippen LogP) is 2.50. The largest absolute Gasteiger partial charge is 0.385 e. The Bertz CT molecular complexity index is 824. The van der Waals surface area contributed by atoms with E-state index in [4.69, 9.17) is 4.84 Å². The van der Waals surface area contributed by atoms with Gasteiger partial charge >= 0.3 is 6.03 Å². The summed E-state index contributed by atoms with van der Waals surface area (Å²) in [6.45, 7) is 6.11. The van der Waals surface area contributed by atoms with Gasteiger partial charge in [0.2, 0.25) is 0 Å². The molecule has 1 spiro atoms. The molecule has 0 saturated carbocycles. The molecule has 1 aromatic rings. The van der Waals surface area contributed by atoms with E-state index < -0.39 is 5.60 Å². The smallest absolute Gasteiger partial charge is 0.317 e. The van der Waals surface area contributed by atoms with Crippen LogP contribution in [0.15, 0.2) is 35.5 Å². The molecule has 1 aromatic carbocycles. The number of amides is 3. The predicted molar refractivity (Wildman–Crippen MR) is 123 cm³/mol. The van der Waals surface area contributed by atoms with E-state index in [2.05, 4.69) is 34.8 Å². The van der Waals surface area contributed by atoms with E-state index in [-0.39, 0.29) is 18.0 Å². The Balaban J connectivity index is 1.45. The second-order valence-electron chi connectivity index (χ2n) is 9.08. The number of piperidine rings is 1. The molecular weight excluding hydrogens is 406 g/mol. The number of urea groups is 1. The first-order valence-corrected chi connectivity index (χ1v) is 12.0. The highest BCUT2D eigenvalue weighted by atomic mass is 16.7. The fourth-order valence-electron chi connectivity index (χ4n) is 4.83. The third kappa shape index (κ3) is 5.06. The van der Waals surface area contributed by atoms with Crippen LogP contribution in [0.3, 0.4) is 0 Å². The van der Waals surface area contributed by atoms with Gasteiger partial charge < -0.3 is 25.3 Å². The lowest BCUT2D eigenvalue weighted by Crippen LogP contribution is -2.64. The minimum Gasteiger partial charge on any atom is -0.385 e. The monoisotopic (exact) mass is 441 g/mol. The van der Waals surface area contributed by atoms with Crippen LogP contribution in [0.5, 0.6) is 0 Å². The highest BCUT2D eigenvalue weighted by Crippen LogP contribution is 2.35. The molecule has 2 atom stereocenters. The van der Waals surface area contributed by atoms with Crippen LogP contribution in [-0.2, 0) is 16.2 Å². The average Bonchev–Trinajstić information content (AvgIpc) is 3.50. The molecule has 8 nitrogen and oxygen atoms in total. The number of likely N-dealkylation sites (tertiary alicyclic amines) is 2. The number of benzene rings is 1. The van der Waals surface area contributed by atoms with Crippen molar-refractivity contribution < 1.29 is 14.4 Å². The summed E-state index contributed by atoms with van der Waals surface area (Å²) in [5, 5.41) is 10.9. The quantitative estimate of drug-likeness (QED) is 0.637. The Kier molecular flexibility index (Phi) is 7.29. The van der Waals surface area contributed by atoms with Gasteiger partial charge in [0, 0.05) is 39.1 Å². The summed E-state index contributed by atoms with van der Waals surface area (Å²) in [7, 11) is 0. The third-order valence-corrected chi connectivity index (χ3v) is 6.71. The van der Waals surface area contributed by atoms with Crippen molar-refractivity contribution in [1.29, 1.82) is 0 Å². The molecule has 3 aliphatic rings. The molecule has 8 heteroatoms. The number of carbonyl (C=O) groups excluding carboxylic acids is 2. The number of hydrogen-bond acceptors (Lipinski definition) is 5. The molecule has 2 N–H and O–H groups in total. The lowest BCUT2D eigenvalue weighted by molar-refractivity contribution is -0.123. The van der Waals surface area contributed by atoms with E-state index in [0.717, 1.165) is 45.2 Å². The lowest BCUT2D eigenvalue weighted by atomic mass is 9.83. The summed E-state index contributed by atoms with van der Waals surface area (Å²) in [6, 6.07) is 10.2. The van der Waals surface area contributed by atoms with Crippen molar-refractivity contribution in [1.82, 2.24) is 20.4 Å². The Morgan fingerprint density at radius 1 is 1.16 bits per heavy atom. The van der Waals surface area contributed by atoms with Crippen LogP contribution in [-0.4, -0.2) is 71.8 Å². The van der Waals surface area contributed by atoms with Crippen molar-refractivity contribution >= 4 is 17.6 Å². The maximum atomic E-state index is 13.0. The summed E-state index contributed by atoms with van der Waals surface area (Å²) in [4.78, 5) is 35.4. The summed E-state index contributed by atoms with van der Waals surface area (Å²) in [5.41, 5.74) is 0.946. The van der Waals surface area contributed by atoms with Crippen molar-refractivity contribution in [2.75, 3.05) is 32.7 Å². The van der Waals surface area contributed by atoms with Gasteiger partial charge in [-0.05, 0) is 31.2 Å². The summed E-state index contributed by atoms with van der Waals surface area (Å²) >= 11 is 0. The van der Waals surface area contributed by atoms with Gasteiger partial charge in [-0.25, -0.2) is 4.79 Å². The van der Waals surface area contributed by atoms with Crippen LogP contribution in [0, 0.1) is 0 Å². The molecule has 3 aliphatic heterocycles. The van der Waals surface area contributed by atoms with Gasteiger partial charge in [0.15, 0.2) is 5.60 Å². The van der Waals surface area contributed by atoms with Gasteiger partial charge in [0.05, 0.1) is 12.6 Å². The lowest BCUT2D eigenvalue weighted by Gasteiger charge is -2.44. The molecule has 0 aliphatic carbocycles. The molecule has 0 unspecified atom stereocenters. The van der Waals surface area contributed by atoms with Crippen molar-refractivity contribution in [3.63, 3.8) is 0 Å². The first-order valence-electron chi connectivity index (χ1n) is 12.0. The molecule has 174 valence electrons. The van der Waals surface area contributed by atoms with E-state index in [9.17, 15) is 9.59 Å². The van der Waals surface area contributed by atoms with Gasteiger partial charge in [-0.1, -0.05) is 48.8 Å². The summed E-state index contributed by atoms with van der Waals surface area (Å²) in [5.74, 6) is -0.0225.